The monoisotopic (exact) mass is 619 g/mol. The lowest BCUT2D eigenvalue weighted by Gasteiger charge is -2.47. The van der Waals surface area contributed by atoms with E-state index >= 15 is 0 Å². The summed E-state index contributed by atoms with van der Waals surface area (Å²) in [5.74, 6) is -0.0182. The van der Waals surface area contributed by atoms with Crippen molar-refractivity contribution in [3.05, 3.63) is 82.1 Å². The van der Waals surface area contributed by atoms with Gasteiger partial charge in [0, 0.05) is 53.8 Å². The molecule has 1 fully saturated rings. The number of benzene rings is 2. The van der Waals surface area contributed by atoms with Gasteiger partial charge in [0.2, 0.25) is 0 Å². The lowest BCUT2D eigenvalue weighted by molar-refractivity contribution is 0.0830. The minimum atomic E-state index is -2.94. The predicted octanol–water partition coefficient (Wildman–Crippen LogP) is 4.97. The normalized spacial score (nSPS) is 17.3. The fourth-order valence-electron chi connectivity index (χ4n) is 4.71. The largest absolute Gasteiger partial charge is 0.390 e. The van der Waals surface area contributed by atoms with Crippen LogP contribution < -0.4 is 20.3 Å². The highest BCUT2D eigenvalue weighted by atomic mass is 79.9. The summed E-state index contributed by atoms with van der Waals surface area (Å²) in [5.41, 5.74) is 3.68. The molecule has 1 aromatic heterocycles. The molecule has 0 unspecified atom stereocenters. The zero-order valence-corrected chi connectivity index (χ0v) is 24.5. The van der Waals surface area contributed by atoms with Crippen LogP contribution in [0.25, 0.3) is 0 Å². The number of halogens is 1. The van der Waals surface area contributed by atoms with Crippen molar-refractivity contribution in [3.63, 3.8) is 0 Å². The predicted molar refractivity (Wildman–Crippen MR) is 163 cm³/mol. The number of H-pyrrole nitrogens is 1. The van der Waals surface area contributed by atoms with E-state index in [1.54, 1.807) is 16.4 Å². The van der Waals surface area contributed by atoms with Crippen LogP contribution in [-0.2, 0) is 13.0 Å². The number of rotatable bonds is 12. The van der Waals surface area contributed by atoms with E-state index in [0.717, 1.165) is 34.3 Å². The Balaban J connectivity index is 1.53. The number of aromatic nitrogens is 1. The molecule has 0 bridgehead atoms. The molecule has 0 spiro atoms. The van der Waals surface area contributed by atoms with E-state index in [9.17, 15) is 19.0 Å². The van der Waals surface area contributed by atoms with Crippen molar-refractivity contribution in [2.24, 2.45) is 0 Å². The smallest absolute Gasteiger partial charge is 0.251 e. The Kier molecular flexibility index (Phi) is 10.3. The molecule has 0 saturated carbocycles. The number of aliphatic hydroxyl groups is 1. The minimum absolute atomic E-state index is 0.284. The van der Waals surface area contributed by atoms with E-state index in [4.69, 9.17) is 0 Å². The Morgan fingerprint density at radius 1 is 1.15 bits per heavy atom. The average Bonchev–Trinajstić information content (AvgIpc) is 3.33. The molecule has 0 radical (unpaired) electrons. The second-order valence-electron chi connectivity index (χ2n) is 9.76. The molecule has 4 rings (SSSR count). The molecule has 2 aromatic carbocycles. The highest BCUT2D eigenvalue weighted by molar-refractivity contribution is 9.10. The van der Waals surface area contributed by atoms with Crippen LogP contribution in [0.4, 0.5) is 11.4 Å². The van der Waals surface area contributed by atoms with Gasteiger partial charge >= 0.3 is 0 Å². The molecule has 212 valence electrons. The van der Waals surface area contributed by atoms with Crippen LogP contribution >= 0.6 is 26.7 Å². The first-order chi connectivity index (χ1) is 18.7. The van der Waals surface area contributed by atoms with Gasteiger partial charge in [0.15, 0.2) is 0 Å². The summed E-state index contributed by atoms with van der Waals surface area (Å²) in [6.45, 7) is 3.96. The van der Waals surface area contributed by atoms with E-state index in [0.29, 0.717) is 43.1 Å². The first kappa shape index (κ1) is 29.4. The summed E-state index contributed by atoms with van der Waals surface area (Å²) < 4.78 is 23.9. The molecule has 3 aromatic rings. The van der Waals surface area contributed by atoms with Crippen LogP contribution in [0.5, 0.6) is 0 Å². The molecule has 1 aliphatic rings. The second-order valence-corrected chi connectivity index (χ2v) is 12.8. The molecule has 39 heavy (non-hydrogen) atoms. The number of carbonyl (C=O) groups is 1. The van der Waals surface area contributed by atoms with Gasteiger partial charge in [-0.05, 0) is 71.9 Å². The average molecular weight is 621 g/mol. The van der Waals surface area contributed by atoms with Crippen LogP contribution in [0, 0.1) is 0 Å². The zero-order valence-electron chi connectivity index (χ0n) is 22.1. The fourth-order valence-corrected chi connectivity index (χ4v) is 6.78. The number of hydrogen-bond donors (Lipinski definition) is 7. The molecule has 2 heterocycles. The van der Waals surface area contributed by atoms with Crippen LogP contribution in [0.3, 0.4) is 0 Å². The van der Waals surface area contributed by atoms with E-state index in [2.05, 4.69) is 36.9 Å². The lowest BCUT2D eigenvalue weighted by Crippen LogP contribution is -2.48. The Hall–Kier alpha value is -2.54. The van der Waals surface area contributed by atoms with Gasteiger partial charge in [0.25, 0.3) is 5.91 Å². The topological polar surface area (TPSA) is 133 Å². The molecule has 1 aliphatic heterocycles. The Morgan fingerprint density at radius 2 is 1.95 bits per heavy atom. The zero-order chi connectivity index (χ0) is 27.8. The standard InChI is InChI=1S/C28H38BrN5O4S/c1-2-31-23-13-21(14-25(16-23)34-10-6-7-11-39(34,37)38)28(36)33-26(12-20-8-4-3-5-9-20)27(35)19-30-18-24-15-22(29)17-32-24/h3-5,8-9,13-17,26-27,30-32,35,37-38H,2,6-7,10-12,18-19H2,1H3,(H,33,36)/t26-,27-/m0/s1. The van der Waals surface area contributed by atoms with Gasteiger partial charge in [-0.25, -0.2) is 0 Å². The number of nitrogens with zero attached hydrogens (tertiary/aromatic N) is 1. The first-order valence-electron chi connectivity index (χ1n) is 13.2. The number of hydrogen-bond acceptors (Lipinski definition) is 7. The third-order valence-corrected chi connectivity index (χ3v) is 9.08. The van der Waals surface area contributed by atoms with Crippen molar-refractivity contribution >= 4 is 44.0 Å². The summed E-state index contributed by atoms with van der Waals surface area (Å²) in [5, 5.41) is 20.7. The Labute approximate surface area is 240 Å². The summed E-state index contributed by atoms with van der Waals surface area (Å²) >= 11 is 3.42. The van der Waals surface area contributed by atoms with Gasteiger partial charge in [-0.3, -0.25) is 18.2 Å². The number of carbonyl (C=O) groups excluding carboxylic acids is 1. The van der Waals surface area contributed by atoms with Gasteiger partial charge < -0.3 is 26.0 Å². The molecule has 11 heteroatoms. The third kappa shape index (κ3) is 8.23. The van der Waals surface area contributed by atoms with Crippen LogP contribution in [0.1, 0.15) is 41.4 Å². The van der Waals surface area contributed by atoms with Gasteiger partial charge in [-0.1, -0.05) is 30.3 Å². The maximum Gasteiger partial charge on any atom is 0.251 e. The summed E-state index contributed by atoms with van der Waals surface area (Å²) in [6, 6.07) is 16.5. The lowest BCUT2D eigenvalue weighted by atomic mass is 10.00. The van der Waals surface area contributed by atoms with Gasteiger partial charge in [0.05, 0.1) is 23.6 Å². The van der Waals surface area contributed by atoms with E-state index in [-0.39, 0.29) is 12.5 Å². The summed E-state index contributed by atoms with van der Waals surface area (Å²) in [4.78, 5) is 16.7. The SMILES string of the molecule is CCNc1cc(C(=O)N[C@@H](Cc2ccccc2)[C@@H](O)CNCc2cc(Br)c[nH]2)cc(N2CCCCS2(O)O)c1. The maximum absolute atomic E-state index is 13.6. The van der Waals surface area contributed by atoms with Crippen molar-refractivity contribution in [3.8, 4) is 0 Å². The number of anilines is 2. The van der Waals surface area contributed by atoms with Crippen molar-refractivity contribution in [2.45, 2.75) is 44.9 Å². The Bertz CT molecular complexity index is 1230. The van der Waals surface area contributed by atoms with E-state index < -0.39 is 22.9 Å². The van der Waals surface area contributed by atoms with Crippen molar-refractivity contribution < 1.29 is 19.0 Å². The summed E-state index contributed by atoms with van der Waals surface area (Å²) in [6.07, 6.45) is 3.06. The van der Waals surface area contributed by atoms with E-state index in [1.807, 2.05) is 55.6 Å². The van der Waals surface area contributed by atoms with Crippen molar-refractivity contribution in [2.75, 3.05) is 35.0 Å². The highest BCUT2D eigenvalue weighted by Crippen LogP contribution is 2.50. The molecule has 9 nitrogen and oxygen atoms in total. The third-order valence-electron chi connectivity index (χ3n) is 6.69. The number of aromatic amines is 1. The molecule has 7 N–H and O–H groups in total. The van der Waals surface area contributed by atoms with Crippen molar-refractivity contribution in [1.29, 1.82) is 0 Å². The number of amides is 1. The second kappa shape index (κ2) is 13.7. The van der Waals surface area contributed by atoms with Gasteiger partial charge in [-0.2, -0.15) is 0 Å². The molecule has 1 amide bonds. The molecule has 1 saturated heterocycles. The molecular weight excluding hydrogens is 582 g/mol. The maximum atomic E-state index is 13.6. The van der Waals surface area contributed by atoms with Crippen LogP contribution in [0.2, 0.25) is 0 Å². The first-order valence-corrected chi connectivity index (χ1v) is 15.7. The van der Waals surface area contributed by atoms with E-state index in [1.165, 1.54) is 0 Å². The molecule has 0 aliphatic carbocycles. The fraction of sp³-hybridized carbons (Fsp3) is 0.393. The van der Waals surface area contributed by atoms with Crippen molar-refractivity contribution in [1.82, 2.24) is 15.6 Å². The summed E-state index contributed by atoms with van der Waals surface area (Å²) in [7, 11) is -2.94. The van der Waals surface area contributed by atoms with Crippen LogP contribution in [0.15, 0.2) is 65.3 Å². The number of aliphatic hydroxyl groups excluding tert-OH is 1. The Morgan fingerprint density at radius 3 is 2.64 bits per heavy atom. The van der Waals surface area contributed by atoms with Gasteiger partial charge in [-0.15, -0.1) is 10.8 Å². The highest BCUT2D eigenvalue weighted by Gasteiger charge is 2.28. The molecular formula is C28H38BrN5O4S. The van der Waals surface area contributed by atoms with Crippen LogP contribution in [-0.4, -0.2) is 62.6 Å². The minimum Gasteiger partial charge on any atom is -0.390 e. The van der Waals surface area contributed by atoms with Gasteiger partial charge in [0.1, 0.15) is 0 Å². The quantitative estimate of drug-likeness (QED) is 0.152. The molecule has 2 atom stereocenters. The number of nitrogens with one attached hydrogen (secondary N) is 4.